The molecule has 0 radical (unpaired) electrons. The predicted molar refractivity (Wildman–Crippen MR) is 89.2 cm³/mol. The number of nitrogens with zero attached hydrogens (tertiary/aromatic N) is 3. The highest BCUT2D eigenvalue weighted by atomic mass is 15.1. The number of aromatic nitrogens is 4. The molecule has 2 aromatic heterocycles. The first-order valence-electron chi connectivity index (χ1n) is 7.45. The SMILES string of the molecule is CNc1nc(C)cc(NCCCc2nc3ccccc3[nH]2)n1. The van der Waals surface area contributed by atoms with Gasteiger partial charge in [-0.3, -0.25) is 0 Å². The van der Waals surface area contributed by atoms with Crippen molar-refractivity contribution < 1.29 is 0 Å². The standard InChI is InChI=1S/C16H20N6/c1-11-10-15(22-16(17-2)19-11)18-9-5-8-14-20-12-6-3-4-7-13(12)21-14/h3-4,6-7,10H,5,8-9H2,1-2H3,(H,20,21)(H2,17,18,19,22). The Morgan fingerprint density at radius 2 is 2.00 bits per heavy atom. The number of imidazole rings is 1. The number of nitrogens with one attached hydrogen (secondary N) is 3. The quantitative estimate of drug-likeness (QED) is 0.610. The minimum absolute atomic E-state index is 0.639. The number of rotatable bonds is 6. The van der Waals surface area contributed by atoms with Crippen molar-refractivity contribution in [2.75, 3.05) is 24.2 Å². The number of H-pyrrole nitrogens is 1. The summed E-state index contributed by atoms with van der Waals surface area (Å²) < 4.78 is 0. The van der Waals surface area contributed by atoms with Crippen molar-refractivity contribution in [1.82, 2.24) is 19.9 Å². The summed E-state index contributed by atoms with van der Waals surface area (Å²) in [6, 6.07) is 10.0. The summed E-state index contributed by atoms with van der Waals surface area (Å²) in [7, 11) is 1.82. The van der Waals surface area contributed by atoms with Gasteiger partial charge >= 0.3 is 0 Å². The van der Waals surface area contributed by atoms with Gasteiger partial charge in [0.1, 0.15) is 11.6 Å². The first kappa shape index (κ1) is 14.3. The molecule has 6 heteroatoms. The van der Waals surface area contributed by atoms with E-state index >= 15 is 0 Å². The molecule has 0 unspecified atom stereocenters. The molecule has 3 rings (SSSR count). The van der Waals surface area contributed by atoms with Gasteiger partial charge in [0.25, 0.3) is 0 Å². The zero-order chi connectivity index (χ0) is 15.4. The molecule has 0 aliphatic carbocycles. The number of aryl methyl sites for hydroxylation is 2. The molecule has 0 spiro atoms. The molecule has 0 bridgehead atoms. The van der Waals surface area contributed by atoms with Gasteiger partial charge in [0.2, 0.25) is 5.95 Å². The van der Waals surface area contributed by atoms with Crippen LogP contribution in [-0.2, 0) is 6.42 Å². The Labute approximate surface area is 129 Å². The van der Waals surface area contributed by atoms with E-state index in [0.717, 1.165) is 47.8 Å². The number of anilines is 2. The predicted octanol–water partition coefficient (Wildman–Crippen LogP) is 2.75. The second-order valence-corrected chi connectivity index (χ2v) is 5.20. The Morgan fingerprint density at radius 3 is 2.82 bits per heavy atom. The molecular weight excluding hydrogens is 276 g/mol. The Balaban J connectivity index is 1.54. The third-order valence-corrected chi connectivity index (χ3v) is 3.41. The smallest absolute Gasteiger partial charge is 0.224 e. The van der Waals surface area contributed by atoms with Crippen molar-refractivity contribution in [1.29, 1.82) is 0 Å². The van der Waals surface area contributed by atoms with Crippen LogP contribution in [0.2, 0.25) is 0 Å². The lowest BCUT2D eigenvalue weighted by Gasteiger charge is -2.07. The molecule has 0 amide bonds. The highest BCUT2D eigenvalue weighted by Crippen LogP contribution is 2.12. The van der Waals surface area contributed by atoms with Gasteiger partial charge in [-0.25, -0.2) is 9.97 Å². The van der Waals surface area contributed by atoms with Crippen molar-refractivity contribution in [2.45, 2.75) is 19.8 Å². The molecule has 0 saturated carbocycles. The fourth-order valence-corrected chi connectivity index (χ4v) is 2.37. The van der Waals surface area contributed by atoms with E-state index in [1.807, 2.05) is 44.3 Å². The number of aromatic amines is 1. The van der Waals surface area contributed by atoms with Gasteiger partial charge in [-0.05, 0) is 25.5 Å². The highest BCUT2D eigenvalue weighted by molar-refractivity contribution is 5.74. The first-order chi connectivity index (χ1) is 10.7. The maximum Gasteiger partial charge on any atom is 0.224 e. The molecule has 2 heterocycles. The average molecular weight is 296 g/mol. The molecule has 0 aliphatic heterocycles. The molecule has 6 nitrogen and oxygen atoms in total. The van der Waals surface area contributed by atoms with Crippen LogP contribution in [0.3, 0.4) is 0 Å². The molecule has 3 aromatic rings. The van der Waals surface area contributed by atoms with Crippen molar-refractivity contribution in [3.05, 3.63) is 41.9 Å². The van der Waals surface area contributed by atoms with Gasteiger partial charge in [0.15, 0.2) is 0 Å². The third kappa shape index (κ3) is 3.33. The average Bonchev–Trinajstić information content (AvgIpc) is 2.93. The maximum atomic E-state index is 4.58. The second-order valence-electron chi connectivity index (χ2n) is 5.20. The summed E-state index contributed by atoms with van der Waals surface area (Å²) >= 11 is 0. The normalized spacial score (nSPS) is 10.8. The topological polar surface area (TPSA) is 78.5 Å². The van der Waals surface area contributed by atoms with E-state index in [1.54, 1.807) is 0 Å². The van der Waals surface area contributed by atoms with Crippen LogP contribution in [0.4, 0.5) is 11.8 Å². The Kier molecular flexibility index (Phi) is 4.18. The molecular formula is C16H20N6. The number of hydrogen-bond acceptors (Lipinski definition) is 5. The fourth-order valence-electron chi connectivity index (χ4n) is 2.37. The van der Waals surface area contributed by atoms with E-state index in [4.69, 9.17) is 0 Å². The lowest BCUT2D eigenvalue weighted by Crippen LogP contribution is -2.07. The lowest BCUT2D eigenvalue weighted by atomic mass is 10.3. The monoisotopic (exact) mass is 296 g/mol. The Hall–Kier alpha value is -2.63. The van der Waals surface area contributed by atoms with Gasteiger partial charge in [-0.2, -0.15) is 4.98 Å². The van der Waals surface area contributed by atoms with Crippen LogP contribution < -0.4 is 10.6 Å². The summed E-state index contributed by atoms with van der Waals surface area (Å²) in [5.74, 6) is 2.51. The van der Waals surface area contributed by atoms with Crippen molar-refractivity contribution in [3.63, 3.8) is 0 Å². The largest absolute Gasteiger partial charge is 0.370 e. The van der Waals surface area contributed by atoms with Gasteiger partial charge in [-0.15, -0.1) is 0 Å². The minimum atomic E-state index is 0.639. The molecule has 0 aliphatic rings. The number of benzene rings is 1. The maximum absolute atomic E-state index is 4.58. The second kappa shape index (κ2) is 6.43. The number of fused-ring (bicyclic) bond motifs is 1. The Morgan fingerprint density at radius 1 is 1.14 bits per heavy atom. The third-order valence-electron chi connectivity index (χ3n) is 3.41. The van der Waals surface area contributed by atoms with Crippen molar-refractivity contribution >= 4 is 22.8 Å². The van der Waals surface area contributed by atoms with Crippen molar-refractivity contribution in [2.24, 2.45) is 0 Å². The van der Waals surface area contributed by atoms with Gasteiger partial charge < -0.3 is 15.6 Å². The van der Waals surface area contributed by atoms with Gasteiger partial charge in [-0.1, -0.05) is 12.1 Å². The molecule has 114 valence electrons. The molecule has 0 fully saturated rings. The van der Waals surface area contributed by atoms with Crippen LogP contribution in [0.15, 0.2) is 30.3 Å². The van der Waals surface area contributed by atoms with E-state index in [1.165, 1.54) is 0 Å². The van der Waals surface area contributed by atoms with Crippen LogP contribution in [0.5, 0.6) is 0 Å². The first-order valence-corrected chi connectivity index (χ1v) is 7.45. The lowest BCUT2D eigenvalue weighted by molar-refractivity contribution is 0.816. The molecule has 0 atom stereocenters. The van der Waals surface area contributed by atoms with E-state index in [-0.39, 0.29) is 0 Å². The van der Waals surface area contributed by atoms with E-state index in [0.29, 0.717) is 5.95 Å². The summed E-state index contributed by atoms with van der Waals surface area (Å²) in [6.07, 6.45) is 1.89. The van der Waals surface area contributed by atoms with Crippen molar-refractivity contribution in [3.8, 4) is 0 Å². The van der Waals surface area contributed by atoms with E-state index in [2.05, 4.69) is 30.6 Å². The number of para-hydroxylation sites is 2. The molecule has 0 saturated heterocycles. The van der Waals surface area contributed by atoms with Gasteiger partial charge in [0, 0.05) is 31.8 Å². The number of hydrogen-bond donors (Lipinski definition) is 3. The van der Waals surface area contributed by atoms with Gasteiger partial charge in [0.05, 0.1) is 11.0 Å². The molecule has 1 aromatic carbocycles. The molecule has 22 heavy (non-hydrogen) atoms. The molecule has 3 N–H and O–H groups in total. The van der Waals surface area contributed by atoms with Crippen LogP contribution in [-0.4, -0.2) is 33.5 Å². The van der Waals surface area contributed by atoms with E-state index in [9.17, 15) is 0 Å². The van der Waals surface area contributed by atoms with Crippen LogP contribution in [0, 0.1) is 6.92 Å². The summed E-state index contributed by atoms with van der Waals surface area (Å²) in [6.45, 7) is 2.80. The zero-order valence-electron chi connectivity index (χ0n) is 12.8. The summed E-state index contributed by atoms with van der Waals surface area (Å²) in [5, 5.41) is 6.29. The highest BCUT2D eigenvalue weighted by Gasteiger charge is 2.03. The fraction of sp³-hybridized carbons (Fsp3) is 0.312. The van der Waals surface area contributed by atoms with Crippen LogP contribution in [0.25, 0.3) is 11.0 Å². The van der Waals surface area contributed by atoms with Crippen LogP contribution in [0.1, 0.15) is 17.9 Å². The van der Waals surface area contributed by atoms with Crippen LogP contribution >= 0.6 is 0 Å². The summed E-state index contributed by atoms with van der Waals surface area (Å²) in [4.78, 5) is 16.6. The minimum Gasteiger partial charge on any atom is -0.370 e. The Bertz CT molecular complexity index is 731. The van der Waals surface area contributed by atoms with E-state index < -0.39 is 0 Å². The zero-order valence-corrected chi connectivity index (χ0v) is 12.8. The summed E-state index contributed by atoms with van der Waals surface area (Å²) in [5.41, 5.74) is 3.06.